The van der Waals surface area contributed by atoms with Crippen molar-refractivity contribution < 1.29 is 0 Å². The first-order valence-electron chi connectivity index (χ1n) is 7.53. The molecule has 3 rings (SSSR count). The van der Waals surface area contributed by atoms with Gasteiger partial charge in [-0.05, 0) is 42.3 Å². The standard InChI is InChI=1S/C17H17BrN6/c1-24(10-7-13-5-8-19-9-6-13)16-12-20-23-17(22-16)21-15-4-2-3-14(18)11-15/h2-6,8-9,11-12H,7,10H2,1H3,(H,21,22,23). The van der Waals surface area contributed by atoms with Crippen LogP contribution in [0.25, 0.3) is 0 Å². The highest BCUT2D eigenvalue weighted by atomic mass is 79.9. The van der Waals surface area contributed by atoms with Crippen LogP contribution in [0, 0.1) is 0 Å². The third kappa shape index (κ3) is 4.48. The van der Waals surface area contributed by atoms with Crippen molar-refractivity contribution >= 4 is 33.4 Å². The lowest BCUT2D eigenvalue weighted by molar-refractivity contribution is 0.840. The fraction of sp³-hybridized carbons (Fsp3) is 0.176. The van der Waals surface area contributed by atoms with Crippen molar-refractivity contribution in [2.45, 2.75) is 6.42 Å². The van der Waals surface area contributed by atoms with Gasteiger partial charge in [0.1, 0.15) is 0 Å². The second-order valence-corrected chi connectivity index (χ2v) is 6.22. The van der Waals surface area contributed by atoms with Gasteiger partial charge in [-0.3, -0.25) is 4.98 Å². The van der Waals surface area contributed by atoms with E-state index in [1.807, 2.05) is 55.8 Å². The molecule has 0 radical (unpaired) electrons. The number of likely N-dealkylation sites (N-methyl/N-ethyl adjacent to an activating group) is 1. The topological polar surface area (TPSA) is 66.8 Å². The summed E-state index contributed by atoms with van der Waals surface area (Å²) in [6.07, 6.45) is 6.19. The molecule has 0 fully saturated rings. The van der Waals surface area contributed by atoms with E-state index in [0.29, 0.717) is 5.95 Å². The molecule has 2 aromatic heterocycles. The predicted octanol–water partition coefficient (Wildman–Crippen LogP) is 3.45. The normalized spacial score (nSPS) is 10.4. The van der Waals surface area contributed by atoms with Crippen LogP contribution in [-0.4, -0.2) is 33.8 Å². The van der Waals surface area contributed by atoms with E-state index in [2.05, 4.69) is 46.3 Å². The number of anilines is 3. The van der Waals surface area contributed by atoms with Gasteiger partial charge >= 0.3 is 0 Å². The maximum absolute atomic E-state index is 4.52. The Morgan fingerprint density at radius 3 is 2.79 bits per heavy atom. The summed E-state index contributed by atoms with van der Waals surface area (Å²) in [5.74, 6) is 1.25. The number of nitrogens with one attached hydrogen (secondary N) is 1. The molecule has 0 unspecified atom stereocenters. The number of hydrogen-bond donors (Lipinski definition) is 1. The third-order valence-corrected chi connectivity index (χ3v) is 4.00. The van der Waals surface area contributed by atoms with Crippen molar-refractivity contribution in [3.05, 3.63) is 65.0 Å². The molecule has 0 atom stereocenters. The summed E-state index contributed by atoms with van der Waals surface area (Å²) in [5.41, 5.74) is 2.15. The van der Waals surface area contributed by atoms with E-state index in [4.69, 9.17) is 0 Å². The summed E-state index contributed by atoms with van der Waals surface area (Å²) in [5, 5.41) is 11.2. The van der Waals surface area contributed by atoms with E-state index in [-0.39, 0.29) is 0 Å². The average Bonchev–Trinajstić information content (AvgIpc) is 2.61. The number of pyridine rings is 1. The zero-order chi connectivity index (χ0) is 16.8. The molecule has 0 saturated carbocycles. The zero-order valence-electron chi connectivity index (χ0n) is 13.2. The van der Waals surface area contributed by atoms with Gasteiger partial charge in [0, 0.05) is 36.1 Å². The lowest BCUT2D eigenvalue weighted by Gasteiger charge is -2.18. The summed E-state index contributed by atoms with van der Waals surface area (Å²) in [6, 6.07) is 11.9. The Morgan fingerprint density at radius 1 is 1.17 bits per heavy atom. The molecular formula is C17H17BrN6. The number of aromatic nitrogens is 4. The molecule has 0 saturated heterocycles. The molecule has 0 spiro atoms. The van der Waals surface area contributed by atoms with E-state index in [1.54, 1.807) is 6.20 Å². The van der Waals surface area contributed by atoms with Crippen LogP contribution < -0.4 is 10.2 Å². The number of hydrogen-bond acceptors (Lipinski definition) is 6. The molecule has 7 heteroatoms. The molecule has 0 aliphatic heterocycles. The first-order chi connectivity index (χ1) is 11.7. The largest absolute Gasteiger partial charge is 0.358 e. The Kier molecular flexibility index (Phi) is 5.32. The van der Waals surface area contributed by atoms with Crippen molar-refractivity contribution in [3.63, 3.8) is 0 Å². The highest BCUT2D eigenvalue weighted by Crippen LogP contribution is 2.19. The van der Waals surface area contributed by atoms with Crippen molar-refractivity contribution in [1.29, 1.82) is 0 Å². The van der Waals surface area contributed by atoms with Gasteiger partial charge in [-0.1, -0.05) is 22.0 Å². The summed E-state index contributed by atoms with van der Waals surface area (Å²) < 4.78 is 0.992. The average molecular weight is 385 g/mol. The monoisotopic (exact) mass is 384 g/mol. The summed E-state index contributed by atoms with van der Waals surface area (Å²) in [7, 11) is 1.99. The van der Waals surface area contributed by atoms with Crippen molar-refractivity contribution in [2.24, 2.45) is 0 Å². The molecule has 0 aliphatic rings. The molecule has 0 bridgehead atoms. The van der Waals surface area contributed by atoms with Crippen molar-refractivity contribution in [3.8, 4) is 0 Å². The number of nitrogens with zero attached hydrogens (tertiary/aromatic N) is 5. The predicted molar refractivity (Wildman–Crippen MR) is 98.5 cm³/mol. The zero-order valence-corrected chi connectivity index (χ0v) is 14.8. The number of halogens is 1. The van der Waals surface area contributed by atoms with Gasteiger partial charge in [0.05, 0.1) is 6.20 Å². The van der Waals surface area contributed by atoms with Gasteiger partial charge in [-0.15, -0.1) is 5.10 Å². The van der Waals surface area contributed by atoms with Gasteiger partial charge in [0.15, 0.2) is 5.82 Å². The van der Waals surface area contributed by atoms with Crippen molar-refractivity contribution in [1.82, 2.24) is 20.2 Å². The Labute approximate surface area is 149 Å². The Balaban J connectivity index is 1.66. The van der Waals surface area contributed by atoms with E-state index in [9.17, 15) is 0 Å². The molecule has 1 N–H and O–H groups in total. The van der Waals surface area contributed by atoms with Crippen LogP contribution in [0.15, 0.2) is 59.5 Å². The van der Waals surface area contributed by atoms with Gasteiger partial charge in [-0.2, -0.15) is 10.1 Å². The van der Waals surface area contributed by atoms with E-state index >= 15 is 0 Å². The second kappa shape index (κ2) is 7.83. The summed E-state index contributed by atoms with van der Waals surface area (Å²) >= 11 is 3.45. The second-order valence-electron chi connectivity index (χ2n) is 5.30. The summed E-state index contributed by atoms with van der Waals surface area (Å²) in [4.78, 5) is 10.6. The van der Waals surface area contributed by atoms with Crippen LogP contribution in [0.3, 0.4) is 0 Å². The summed E-state index contributed by atoms with van der Waals surface area (Å²) in [6.45, 7) is 0.832. The molecular weight excluding hydrogens is 368 g/mol. The number of rotatable bonds is 6. The Morgan fingerprint density at radius 2 is 2.00 bits per heavy atom. The first-order valence-corrected chi connectivity index (χ1v) is 8.32. The molecule has 1 aromatic carbocycles. The van der Waals surface area contributed by atoms with Gasteiger partial charge in [0.2, 0.25) is 5.95 Å². The van der Waals surface area contributed by atoms with Crippen LogP contribution in [0.2, 0.25) is 0 Å². The molecule has 2 heterocycles. The minimum atomic E-state index is 0.473. The fourth-order valence-electron chi connectivity index (χ4n) is 2.19. The van der Waals surface area contributed by atoms with Gasteiger partial charge in [0.25, 0.3) is 0 Å². The highest BCUT2D eigenvalue weighted by Gasteiger charge is 2.06. The van der Waals surface area contributed by atoms with Crippen molar-refractivity contribution in [2.75, 3.05) is 23.8 Å². The van der Waals surface area contributed by atoms with Gasteiger partial charge < -0.3 is 10.2 Å². The Bertz CT molecular complexity index is 796. The minimum Gasteiger partial charge on any atom is -0.358 e. The molecule has 122 valence electrons. The van der Waals surface area contributed by atoms with Crippen LogP contribution in [-0.2, 0) is 6.42 Å². The Hall–Kier alpha value is -2.54. The van der Waals surface area contributed by atoms with E-state index in [1.165, 1.54) is 5.56 Å². The van der Waals surface area contributed by atoms with Gasteiger partial charge in [-0.25, -0.2) is 0 Å². The minimum absolute atomic E-state index is 0.473. The van der Waals surface area contributed by atoms with E-state index < -0.39 is 0 Å². The lowest BCUT2D eigenvalue weighted by atomic mass is 10.2. The molecule has 0 amide bonds. The molecule has 24 heavy (non-hydrogen) atoms. The number of benzene rings is 1. The molecule has 6 nitrogen and oxygen atoms in total. The maximum atomic E-state index is 4.52. The smallest absolute Gasteiger partial charge is 0.249 e. The van der Waals surface area contributed by atoms with E-state index in [0.717, 1.165) is 28.9 Å². The quantitative estimate of drug-likeness (QED) is 0.701. The highest BCUT2D eigenvalue weighted by molar-refractivity contribution is 9.10. The SMILES string of the molecule is CN(CCc1ccncc1)c1cnnc(Nc2cccc(Br)c2)n1. The molecule has 3 aromatic rings. The van der Waals surface area contributed by atoms with Crippen LogP contribution >= 0.6 is 15.9 Å². The molecule has 0 aliphatic carbocycles. The third-order valence-electron chi connectivity index (χ3n) is 3.50. The van der Waals surface area contributed by atoms with Crippen LogP contribution in [0.4, 0.5) is 17.5 Å². The first kappa shape index (κ1) is 16.3. The maximum Gasteiger partial charge on any atom is 0.249 e. The fourth-order valence-corrected chi connectivity index (χ4v) is 2.59. The lowest BCUT2D eigenvalue weighted by Crippen LogP contribution is -2.22. The van der Waals surface area contributed by atoms with Crippen LogP contribution in [0.5, 0.6) is 0 Å². The van der Waals surface area contributed by atoms with Crippen LogP contribution in [0.1, 0.15) is 5.56 Å².